The topological polar surface area (TPSA) is 39.7 Å². The zero-order chi connectivity index (χ0) is 18.2. The minimum Gasteiger partial charge on any atom is -0.357 e. The highest BCUT2D eigenvalue weighted by molar-refractivity contribution is 7.97. The lowest BCUT2D eigenvalue weighted by molar-refractivity contribution is 0.197. The Morgan fingerprint density at radius 1 is 1.25 bits per heavy atom. The third-order valence-electron chi connectivity index (χ3n) is 4.12. The first-order valence-electron chi connectivity index (χ1n) is 8.26. The predicted molar refractivity (Wildman–Crippen MR) is 104 cm³/mol. The number of nitrogens with zero attached hydrogens (tertiary/aromatic N) is 2. The summed E-state index contributed by atoms with van der Waals surface area (Å²) in [6, 6.07) is 4.94. The van der Waals surface area contributed by atoms with E-state index in [-0.39, 0.29) is 11.4 Å². The van der Waals surface area contributed by atoms with Crippen LogP contribution in [-0.2, 0) is 12.3 Å². The molecule has 0 aliphatic rings. The highest BCUT2D eigenvalue weighted by Gasteiger charge is 2.20. The molecule has 1 rings (SSSR count). The van der Waals surface area contributed by atoms with Crippen LogP contribution < -0.4 is 10.6 Å². The second-order valence-electron chi connectivity index (χ2n) is 6.60. The number of halogens is 1. The van der Waals surface area contributed by atoms with Crippen LogP contribution in [-0.4, -0.2) is 49.8 Å². The average Bonchev–Trinajstić information content (AvgIpc) is 2.51. The van der Waals surface area contributed by atoms with Gasteiger partial charge in [0.2, 0.25) is 0 Å². The molecule has 0 atom stereocenters. The van der Waals surface area contributed by atoms with Gasteiger partial charge in [-0.1, -0.05) is 6.07 Å². The largest absolute Gasteiger partial charge is 0.357 e. The van der Waals surface area contributed by atoms with Crippen molar-refractivity contribution in [3.63, 3.8) is 0 Å². The van der Waals surface area contributed by atoms with Crippen LogP contribution in [0.5, 0.6) is 0 Å². The van der Waals surface area contributed by atoms with E-state index >= 15 is 0 Å². The molecule has 0 bridgehead atoms. The first-order valence-corrected chi connectivity index (χ1v) is 9.65. The van der Waals surface area contributed by atoms with Crippen molar-refractivity contribution < 1.29 is 4.39 Å². The van der Waals surface area contributed by atoms with E-state index < -0.39 is 0 Å². The molecule has 0 saturated carbocycles. The van der Waals surface area contributed by atoms with Gasteiger partial charge in [0.15, 0.2) is 5.96 Å². The maximum absolute atomic E-state index is 13.4. The van der Waals surface area contributed by atoms with E-state index in [1.165, 1.54) is 6.07 Å². The molecule has 136 valence electrons. The van der Waals surface area contributed by atoms with Gasteiger partial charge in [-0.15, -0.1) is 0 Å². The van der Waals surface area contributed by atoms with Crippen LogP contribution in [0.3, 0.4) is 0 Å². The summed E-state index contributed by atoms with van der Waals surface area (Å²) in [5.74, 6) is 1.39. The van der Waals surface area contributed by atoms with Gasteiger partial charge in [-0.3, -0.25) is 0 Å². The molecule has 6 heteroatoms. The van der Waals surface area contributed by atoms with E-state index in [1.807, 2.05) is 19.2 Å². The number of hydrogen-bond acceptors (Lipinski definition) is 3. The summed E-state index contributed by atoms with van der Waals surface area (Å²) in [5, 5.41) is 6.66. The van der Waals surface area contributed by atoms with Crippen molar-refractivity contribution in [3.05, 3.63) is 35.1 Å². The summed E-state index contributed by atoms with van der Waals surface area (Å²) in [5.41, 5.74) is 2.10. The third kappa shape index (κ3) is 6.69. The highest BCUT2D eigenvalue weighted by Crippen LogP contribution is 2.17. The molecule has 1 aromatic carbocycles. The lowest BCUT2D eigenvalue weighted by Crippen LogP contribution is -2.50. The van der Waals surface area contributed by atoms with Gasteiger partial charge in [0.05, 0.1) is 6.54 Å². The van der Waals surface area contributed by atoms with Gasteiger partial charge >= 0.3 is 0 Å². The van der Waals surface area contributed by atoms with Gasteiger partial charge in [-0.05, 0) is 64.4 Å². The molecule has 24 heavy (non-hydrogen) atoms. The van der Waals surface area contributed by atoms with Crippen LogP contribution >= 0.6 is 11.8 Å². The van der Waals surface area contributed by atoms with E-state index in [2.05, 4.69) is 48.5 Å². The summed E-state index contributed by atoms with van der Waals surface area (Å²) in [6.07, 6.45) is 2.02. The van der Waals surface area contributed by atoms with Gasteiger partial charge in [0.25, 0.3) is 0 Å². The number of hydrogen-bond donors (Lipinski definition) is 2. The normalized spacial score (nSPS) is 12.6. The molecule has 0 aromatic heterocycles. The minimum atomic E-state index is -0.190. The summed E-state index contributed by atoms with van der Waals surface area (Å²) in [7, 11) is 4.14. The number of aliphatic imine (C=N–C) groups is 1. The van der Waals surface area contributed by atoms with Crippen molar-refractivity contribution in [2.45, 2.75) is 38.6 Å². The van der Waals surface area contributed by atoms with Crippen LogP contribution in [0.2, 0.25) is 0 Å². The van der Waals surface area contributed by atoms with Crippen LogP contribution in [0.4, 0.5) is 4.39 Å². The fraction of sp³-hybridized carbons (Fsp3) is 0.611. The molecule has 0 unspecified atom stereocenters. The van der Waals surface area contributed by atoms with Crippen LogP contribution in [0.15, 0.2) is 23.2 Å². The van der Waals surface area contributed by atoms with E-state index in [1.54, 1.807) is 17.8 Å². The Labute approximate surface area is 150 Å². The predicted octanol–water partition coefficient (Wildman–Crippen LogP) is 3.08. The number of rotatable bonds is 8. The Morgan fingerprint density at radius 3 is 2.54 bits per heavy atom. The maximum atomic E-state index is 13.4. The second-order valence-corrected chi connectivity index (χ2v) is 7.47. The van der Waals surface area contributed by atoms with E-state index in [4.69, 9.17) is 0 Å². The summed E-state index contributed by atoms with van der Waals surface area (Å²) < 4.78 is 13.4. The Bertz CT molecular complexity index is 544. The molecule has 4 nitrogen and oxygen atoms in total. The van der Waals surface area contributed by atoms with Crippen LogP contribution in [0, 0.1) is 5.82 Å². The Hall–Kier alpha value is -1.27. The SMILES string of the molecule is CCNC(=NCc1ccc(F)cc1CSC)NCC(C)(C)N(C)C. The Kier molecular flexibility index (Phi) is 8.56. The standard InChI is InChI=1S/C18H31FN4S/c1-7-20-17(22-13-18(2,3)23(4)5)21-11-14-8-9-16(19)10-15(14)12-24-6/h8-10H,7,11-13H2,1-6H3,(H2,20,21,22). The Balaban J connectivity index is 2.82. The number of guanidine groups is 1. The molecule has 0 amide bonds. The number of benzene rings is 1. The molecule has 0 spiro atoms. The van der Waals surface area contributed by atoms with Crippen LogP contribution in [0.25, 0.3) is 0 Å². The summed E-state index contributed by atoms with van der Waals surface area (Å²) in [4.78, 5) is 6.84. The number of likely N-dealkylation sites (N-methyl/N-ethyl adjacent to an activating group) is 1. The maximum Gasteiger partial charge on any atom is 0.191 e. The molecule has 0 heterocycles. The number of thioether (sulfide) groups is 1. The summed E-state index contributed by atoms with van der Waals surface area (Å²) in [6.45, 7) is 8.53. The van der Waals surface area contributed by atoms with Gasteiger partial charge in [-0.2, -0.15) is 11.8 Å². The third-order valence-corrected chi connectivity index (χ3v) is 4.72. The van der Waals surface area contributed by atoms with Crippen molar-refractivity contribution in [2.24, 2.45) is 4.99 Å². The lowest BCUT2D eigenvalue weighted by atomic mass is 10.0. The molecular formula is C18H31FN4S. The summed E-state index contributed by atoms with van der Waals surface area (Å²) >= 11 is 1.69. The first kappa shape index (κ1) is 20.8. The fourth-order valence-electron chi connectivity index (χ4n) is 2.00. The van der Waals surface area contributed by atoms with E-state index in [0.717, 1.165) is 35.9 Å². The Morgan fingerprint density at radius 2 is 1.96 bits per heavy atom. The quantitative estimate of drug-likeness (QED) is 0.556. The highest BCUT2D eigenvalue weighted by atomic mass is 32.2. The van der Waals surface area contributed by atoms with Crippen molar-refractivity contribution >= 4 is 17.7 Å². The molecule has 2 N–H and O–H groups in total. The molecular weight excluding hydrogens is 323 g/mol. The second kappa shape index (κ2) is 9.89. The van der Waals surface area contributed by atoms with E-state index in [9.17, 15) is 4.39 Å². The monoisotopic (exact) mass is 354 g/mol. The minimum absolute atomic E-state index is 0.0239. The van der Waals surface area contributed by atoms with Crippen molar-refractivity contribution in [1.29, 1.82) is 0 Å². The zero-order valence-corrected chi connectivity index (χ0v) is 16.6. The van der Waals surface area contributed by atoms with Crippen molar-refractivity contribution in [3.8, 4) is 0 Å². The molecule has 0 radical (unpaired) electrons. The lowest BCUT2D eigenvalue weighted by Gasteiger charge is -2.33. The molecule has 0 aliphatic heterocycles. The van der Waals surface area contributed by atoms with Gasteiger partial charge in [0, 0.05) is 24.4 Å². The van der Waals surface area contributed by atoms with Gasteiger partial charge < -0.3 is 15.5 Å². The molecule has 0 aliphatic carbocycles. The van der Waals surface area contributed by atoms with Gasteiger partial charge in [0.1, 0.15) is 5.82 Å². The van der Waals surface area contributed by atoms with Crippen molar-refractivity contribution in [2.75, 3.05) is 33.4 Å². The average molecular weight is 355 g/mol. The molecule has 0 saturated heterocycles. The smallest absolute Gasteiger partial charge is 0.191 e. The van der Waals surface area contributed by atoms with Crippen LogP contribution in [0.1, 0.15) is 31.9 Å². The first-order chi connectivity index (χ1) is 11.3. The zero-order valence-electron chi connectivity index (χ0n) is 15.7. The van der Waals surface area contributed by atoms with E-state index in [0.29, 0.717) is 6.54 Å². The van der Waals surface area contributed by atoms with Gasteiger partial charge in [-0.25, -0.2) is 9.38 Å². The van der Waals surface area contributed by atoms with Crippen molar-refractivity contribution in [1.82, 2.24) is 15.5 Å². The molecule has 0 fully saturated rings. The fourth-order valence-corrected chi connectivity index (χ4v) is 2.58. The number of nitrogens with one attached hydrogen (secondary N) is 2. The molecule has 1 aromatic rings.